The number of hydrogen-bond acceptors (Lipinski definition) is 5. The van der Waals surface area contributed by atoms with Crippen molar-refractivity contribution in [3.63, 3.8) is 0 Å². The zero-order valence-electron chi connectivity index (χ0n) is 18.7. The predicted molar refractivity (Wildman–Crippen MR) is 124 cm³/mol. The van der Waals surface area contributed by atoms with Gasteiger partial charge in [0.2, 0.25) is 0 Å². The molecule has 0 atom stereocenters. The molecule has 33 heavy (non-hydrogen) atoms. The zero-order chi connectivity index (χ0) is 22.8. The van der Waals surface area contributed by atoms with E-state index in [0.717, 1.165) is 29.1 Å². The monoisotopic (exact) mass is 443 g/mol. The maximum Gasteiger partial charge on any atom is 0.254 e. The number of aromatic nitrogens is 2. The Kier molecular flexibility index (Phi) is 5.60. The van der Waals surface area contributed by atoms with Gasteiger partial charge in [-0.25, -0.2) is 4.98 Å². The van der Waals surface area contributed by atoms with Crippen molar-refractivity contribution >= 4 is 11.6 Å². The van der Waals surface area contributed by atoms with Gasteiger partial charge in [-0.2, -0.15) is 0 Å². The molecule has 0 N–H and O–H groups in total. The molecule has 7 nitrogen and oxygen atoms in total. The summed E-state index contributed by atoms with van der Waals surface area (Å²) in [5.41, 5.74) is 4.64. The first-order valence-corrected chi connectivity index (χ1v) is 10.8. The lowest BCUT2D eigenvalue weighted by atomic mass is 9.98. The molecule has 3 heterocycles. The standard InChI is InChI=1S/C26H25N3O4/c1-31-23-13-19-10-12-29(15-20(19)14-24(23)32-2)26(30)18-6-8-22(9-7-18)33-17-21-16-28-11-4-3-5-25(28)27-21/h3-9,11,13-14,16H,10,12,15,17H2,1-2H3. The van der Waals surface area contributed by atoms with Crippen LogP contribution in [0.1, 0.15) is 27.2 Å². The van der Waals surface area contributed by atoms with Gasteiger partial charge in [0.15, 0.2) is 11.5 Å². The van der Waals surface area contributed by atoms with Crippen LogP contribution in [0.5, 0.6) is 17.2 Å². The number of hydrogen-bond donors (Lipinski definition) is 0. The summed E-state index contributed by atoms with van der Waals surface area (Å²) in [5, 5.41) is 0. The maximum atomic E-state index is 13.1. The van der Waals surface area contributed by atoms with E-state index in [0.29, 0.717) is 36.8 Å². The minimum atomic E-state index is 0.00216. The number of benzene rings is 2. The summed E-state index contributed by atoms with van der Waals surface area (Å²) in [5.74, 6) is 2.10. The highest BCUT2D eigenvalue weighted by atomic mass is 16.5. The molecule has 2 aromatic heterocycles. The van der Waals surface area contributed by atoms with Crippen LogP contribution in [0.25, 0.3) is 5.65 Å². The number of fused-ring (bicyclic) bond motifs is 2. The van der Waals surface area contributed by atoms with Gasteiger partial charge in [-0.05, 0) is 66.1 Å². The molecule has 4 aromatic rings. The van der Waals surface area contributed by atoms with Gasteiger partial charge in [0.05, 0.1) is 19.9 Å². The molecule has 168 valence electrons. The summed E-state index contributed by atoms with van der Waals surface area (Å²) in [6.07, 6.45) is 4.69. The molecule has 7 heteroatoms. The van der Waals surface area contributed by atoms with Crippen molar-refractivity contribution in [1.29, 1.82) is 0 Å². The smallest absolute Gasteiger partial charge is 0.254 e. The number of rotatable bonds is 6. The van der Waals surface area contributed by atoms with Crippen molar-refractivity contribution in [2.75, 3.05) is 20.8 Å². The second-order valence-corrected chi connectivity index (χ2v) is 7.96. The maximum absolute atomic E-state index is 13.1. The van der Waals surface area contributed by atoms with E-state index in [1.807, 2.05) is 76.3 Å². The number of carbonyl (C=O) groups excluding carboxylic acids is 1. The predicted octanol–water partition coefficient (Wildman–Crippen LogP) is 4.13. The Morgan fingerprint density at radius 3 is 2.48 bits per heavy atom. The van der Waals surface area contributed by atoms with E-state index in [9.17, 15) is 4.79 Å². The van der Waals surface area contributed by atoms with Gasteiger partial charge in [-0.1, -0.05) is 6.07 Å². The molecule has 0 unspecified atom stereocenters. The summed E-state index contributed by atoms with van der Waals surface area (Å²) < 4.78 is 18.6. The lowest BCUT2D eigenvalue weighted by Gasteiger charge is -2.29. The van der Waals surface area contributed by atoms with Crippen molar-refractivity contribution < 1.29 is 19.0 Å². The summed E-state index contributed by atoms with van der Waals surface area (Å²) in [6.45, 7) is 1.57. The number of carbonyl (C=O) groups is 1. The fourth-order valence-electron chi connectivity index (χ4n) is 4.15. The number of ether oxygens (including phenoxy) is 3. The van der Waals surface area contributed by atoms with E-state index in [1.54, 1.807) is 14.2 Å². The molecular formula is C26H25N3O4. The van der Waals surface area contributed by atoms with Crippen molar-refractivity contribution in [3.05, 3.63) is 89.4 Å². The van der Waals surface area contributed by atoms with Crippen molar-refractivity contribution in [3.8, 4) is 17.2 Å². The van der Waals surface area contributed by atoms with E-state index >= 15 is 0 Å². The molecule has 5 rings (SSSR count). The van der Waals surface area contributed by atoms with Crippen molar-refractivity contribution in [2.24, 2.45) is 0 Å². The molecule has 0 aliphatic carbocycles. The van der Waals surface area contributed by atoms with Gasteiger partial charge in [0.1, 0.15) is 18.0 Å². The number of nitrogens with zero attached hydrogens (tertiary/aromatic N) is 3. The largest absolute Gasteiger partial charge is 0.493 e. The molecule has 0 spiro atoms. The highest BCUT2D eigenvalue weighted by Crippen LogP contribution is 2.33. The second kappa shape index (κ2) is 8.86. The molecule has 0 saturated heterocycles. The summed E-state index contributed by atoms with van der Waals surface area (Å²) >= 11 is 0. The Morgan fingerprint density at radius 1 is 1.00 bits per heavy atom. The summed E-state index contributed by atoms with van der Waals surface area (Å²) in [6, 6.07) is 17.1. The average molecular weight is 444 g/mol. The van der Waals surface area contributed by atoms with E-state index in [2.05, 4.69) is 4.98 Å². The van der Waals surface area contributed by atoms with Gasteiger partial charge >= 0.3 is 0 Å². The molecule has 0 saturated carbocycles. The first kappa shape index (κ1) is 20.9. The van der Waals surface area contributed by atoms with Crippen LogP contribution in [0, 0.1) is 0 Å². The van der Waals surface area contributed by atoms with Gasteiger partial charge in [0.25, 0.3) is 5.91 Å². The Bertz CT molecular complexity index is 1260. The molecule has 2 aromatic carbocycles. The molecule has 0 bridgehead atoms. The molecule has 0 radical (unpaired) electrons. The minimum Gasteiger partial charge on any atom is -0.493 e. The second-order valence-electron chi connectivity index (χ2n) is 7.96. The van der Waals surface area contributed by atoms with Crippen LogP contribution in [-0.2, 0) is 19.6 Å². The van der Waals surface area contributed by atoms with Crippen LogP contribution in [0.2, 0.25) is 0 Å². The number of imidazole rings is 1. The molecular weight excluding hydrogens is 418 g/mol. The van der Waals surface area contributed by atoms with Crippen LogP contribution in [0.4, 0.5) is 0 Å². The van der Waals surface area contributed by atoms with E-state index in [4.69, 9.17) is 14.2 Å². The lowest BCUT2D eigenvalue weighted by molar-refractivity contribution is 0.0734. The summed E-state index contributed by atoms with van der Waals surface area (Å²) in [4.78, 5) is 19.5. The third kappa shape index (κ3) is 4.22. The van der Waals surface area contributed by atoms with Crippen LogP contribution < -0.4 is 14.2 Å². The van der Waals surface area contributed by atoms with Gasteiger partial charge in [-0.15, -0.1) is 0 Å². The number of methoxy groups -OCH3 is 2. The van der Waals surface area contributed by atoms with Crippen LogP contribution in [0.3, 0.4) is 0 Å². The molecule has 1 amide bonds. The minimum absolute atomic E-state index is 0.00216. The van der Waals surface area contributed by atoms with E-state index in [1.165, 1.54) is 5.56 Å². The van der Waals surface area contributed by atoms with Gasteiger partial charge in [-0.3, -0.25) is 4.79 Å². The highest BCUT2D eigenvalue weighted by Gasteiger charge is 2.23. The fraction of sp³-hybridized carbons (Fsp3) is 0.231. The van der Waals surface area contributed by atoms with E-state index in [-0.39, 0.29) is 5.91 Å². The van der Waals surface area contributed by atoms with Gasteiger partial charge < -0.3 is 23.5 Å². The summed E-state index contributed by atoms with van der Waals surface area (Å²) in [7, 11) is 3.25. The van der Waals surface area contributed by atoms with Crippen LogP contribution in [-0.4, -0.2) is 41.0 Å². The zero-order valence-corrected chi connectivity index (χ0v) is 18.7. The molecule has 1 aliphatic rings. The Hall–Kier alpha value is -4.00. The quantitative estimate of drug-likeness (QED) is 0.448. The lowest BCUT2D eigenvalue weighted by Crippen LogP contribution is -2.36. The van der Waals surface area contributed by atoms with Crippen LogP contribution >= 0.6 is 0 Å². The topological polar surface area (TPSA) is 65.3 Å². The highest BCUT2D eigenvalue weighted by molar-refractivity contribution is 5.94. The van der Waals surface area contributed by atoms with Crippen LogP contribution in [0.15, 0.2) is 67.0 Å². The number of amides is 1. The van der Waals surface area contributed by atoms with E-state index < -0.39 is 0 Å². The third-order valence-electron chi connectivity index (χ3n) is 5.91. The Morgan fingerprint density at radius 2 is 1.76 bits per heavy atom. The molecule has 0 fully saturated rings. The number of pyridine rings is 1. The SMILES string of the molecule is COc1cc2c(cc1OC)CN(C(=O)c1ccc(OCc3cn4ccccc4n3)cc1)CC2. The Labute approximate surface area is 192 Å². The van der Waals surface area contributed by atoms with Gasteiger partial charge in [0, 0.05) is 31.0 Å². The molecule has 1 aliphatic heterocycles. The average Bonchev–Trinajstić information content (AvgIpc) is 3.29. The first-order chi connectivity index (χ1) is 16.1. The van der Waals surface area contributed by atoms with Crippen molar-refractivity contribution in [2.45, 2.75) is 19.6 Å². The Balaban J connectivity index is 1.24. The third-order valence-corrected chi connectivity index (χ3v) is 5.91. The van der Waals surface area contributed by atoms with Crippen molar-refractivity contribution in [1.82, 2.24) is 14.3 Å². The first-order valence-electron chi connectivity index (χ1n) is 10.8. The normalized spacial score (nSPS) is 13.0. The fourth-order valence-corrected chi connectivity index (χ4v) is 4.15.